The van der Waals surface area contributed by atoms with Gasteiger partial charge in [0, 0.05) is 42.8 Å². The summed E-state index contributed by atoms with van der Waals surface area (Å²) in [7, 11) is 3.15. The highest BCUT2D eigenvalue weighted by Gasteiger charge is 2.16. The molecule has 1 saturated heterocycles. The molecule has 3 aromatic rings. The molecular formula is C25H24Cl2N4O3. The highest BCUT2D eigenvalue weighted by Crippen LogP contribution is 2.39. The molecule has 1 aromatic heterocycles. The number of pyridine rings is 1. The first-order chi connectivity index (χ1) is 16.5. The highest BCUT2D eigenvalue weighted by atomic mass is 35.5. The van der Waals surface area contributed by atoms with Crippen LogP contribution in [-0.2, 0) is 4.74 Å². The summed E-state index contributed by atoms with van der Waals surface area (Å²) in [6.07, 6.45) is 5.68. The van der Waals surface area contributed by atoms with Crippen molar-refractivity contribution in [1.29, 1.82) is 5.26 Å². The van der Waals surface area contributed by atoms with Gasteiger partial charge >= 0.3 is 0 Å². The average Bonchev–Trinajstić information content (AvgIpc) is 2.86. The second kappa shape index (κ2) is 10.9. The van der Waals surface area contributed by atoms with Gasteiger partial charge in [-0.25, -0.2) is 0 Å². The van der Waals surface area contributed by atoms with Gasteiger partial charge in [-0.1, -0.05) is 35.4 Å². The van der Waals surface area contributed by atoms with Crippen LogP contribution in [0.15, 0.2) is 36.5 Å². The van der Waals surface area contributed by atoms with E-state index in [-0.39, 0.29) is 0 Å². The number of fused-ring (bicyclic) bond motifs is 1. The smallest absolute Gasteiger partial charge is 0.139 e. The van der Waals surface area contributed by atoms with E-state index in [0.717, 1.165) is 43.8 Å². The summed E-state index contributed by atoms with van der Waals surface area (Å²) < 4.78 is 16.4. The van der Waals surface area contributed by atoms with Gasteiger partial charge in [0.05, 0.1) is 59.9 Å². The number of benzene rings is 2. The molecule has 2 aromatic carbocycles. The maximum Gasteiger partial charge on any atom is 0.139 e. The van der Waals surface area contributed by atoms with E-state index in [2.05, 4.69) is 27.3 Å². The number of anilines is 2. The molecule has 34 heavy (non-hydrogen) atoms. The Balaban J connectivity index is 1.72. The lowest BCUT2D eigenvalue weighted by atomic mass is 10.0. The summed E-state index contributed by atoms with van der Waals surface area (Å²) in [6, 6.07) is 9.30. The summed E-state index contributed by atoms with van der Waals surface area (Å²) in [5, 5.41) is 14.5. The van der Waals surface area contributed by atoms with Crippen LogP contribution >= 0.6 is 23.2 Å². The van der Waals surface area contributed by atoms with Crippen LogP contribution in [0.2, 0.25) is 10.0 Å². The number of nitriles is 1. The molecule has 4 rings (SSSR count). The maximum atomic E-state index is 9.73. The zero-order chi connectivity index (χ0) is 24.1. The minimum Gasteiger partial charge on any atom is -0.496 e. The fraction of sp³-hybridized carbons (Fsp3) is 0.280. The SMILES string of the molecule is COc1cc(Nc2c(C#N)cnc3cc(/C=C/CN4CCOCC4)c(OC)cc23)c(Cl)cc1Cl. The van der Waals surface area contributed by atoms with Crippen molar-refractivity contribution in [2.24, 2.45) is 0 Å². The van der Waals surface area contributed by atoms with Crippen molar-refractivity contribution in [2.75, 3.05) is 52.4 Å². The van der Waals surface area contributed by atoms with Crippen LogP contribution in [-0.4, -0.2) is 57.0 Å². The molecule has 2 heterocycles. The minimum atomic E-state index is 0.371. The molecule has 0 radical (unpaired) electrons. The maximum absolute atomic E-state index is 9.73. The number of nitrogens with zero attached hydrogens (tertiary/aromatic N) is 3. The molecule has 1 N–H and O–H groups in total. The molecular weight excluding hydrogens is 475 g/mol. The van der Waals surface area contributed by atoms with Crippen LogP contribution in [0.25, 0.3) is 17.0 Å². The van der Waals surface area contributed by atoms with Crippen LogP contribution in [0.3, 0.4) is 0 Å². The molecule has 0 amide bonds. The predicted molar refractivity (Wildman–Crippen MR) is 136 cm³/mol. The summed E-state index contributed by atoms with van der Waals surface area (Å²) in [4.78, 5) is 6.83. The van der Waals surface area contributed by atoms with Crippen molar-refractivity contribution in [3.05, 3.63) is 57.7 Å². The van der Waals surface area contributed by atoms with Gasteiger partial charge in [-0.15, -0.1) is 0 Å². The second-order valence-electron chi connectivity index (χ2n) is 7.68. The normalized spacial score (nSPS) is 14.3. The molecule has 0 atom stereocenters. The first-order valence-electron chi connectivity index (χ1n) is 10.7. The average molecular weight is 499 g/mol. The van der Waals surface area contributed by atoms with Crippen molar-refractivity contribution in [3.8, 4) is 17.6 Å². The molecule has 0 spiro atoms. The van der Waals surface area contributed by atoms with Gasteiger partial charge in [-0.3, -0.25) is 9.88 Å². The first kappa shape index (κ1) is 24.1. The van der Waals surface area contributed by atoms with E-state index in [0.29, 0.717) is 44.0 Å². The number of hydrogen-bond donors (Lipinski definition) is 1. The van der Waals surface area contributed by atoms with Gasteiger partial charge in [-0.2, -0.15) is 5.26 Å². The Bertz CT molecular complexity index is 1270. The van der Waals surface area contributed by atoms with E-state index >= 15 is 0 Å². The molecule has 9 heteroatoms. The number of methoxy groups -OCH3 is 2. The van der Waals surface area contributed by atoms with E-state index < -0.39 is 0 Å². The molecule has 0 unspecified atom stereocenters. The summed E-state index contributed by atoms with van der Waals surface area (Å²) in [6.45, 7) is 4.19. The summed E-state index contributed by atoms with van der Waals surface area (Å²) in [5.41, 5.74) is 3.11. The van der Waals surface area contributed by atoms with Crippen LogP contribution in [0.1, 0.15) is 11.1 Å². The molecule has 1 aliphatic rings. The zero-order valence-corrected chi connectivity index (χ0v) is 20.4. The van der Waals surface area contributed by atoms with Crippen molar-refractivity contribution < 1.29 is 14.2 Å². The Morgan fingerprint density at radius 3 is 2.59 bits per heavy atom. The number of ether oxygens (including phenoxy) is 3. The molecule has 7 nitrogen and oxygen atoms in total. The van der Waals surface area contributed by atoms with Gasteiger partial charge in [0.2, 0.25) is 0 Å². The summed E-state index contributed by atoms with van der Waals surface area (Å²) >= 11 is 12.6. The Kier molecular flexibility index (Phi) is 7.76. The number of rotatable bonds is 7. The van der Waals surface area contributed by atoms with Crippen LogP contribution in [0, 0.1) is 11.3 Å². The van der Waals surface area contributed by atoms with E-state index in [1.807, 2.05) is 18.2 Å². The third-order valence-electron chi connectivity index (χ3n) is 5.61. The Hall–Kier alpha value is -3.02. The Labute approximate surface area is 208 Å². The van der Waals surface area contributed by atoms with E-state index in [9.17, 15) is 5.26 Å². The number of morpholine rings is 1. The van der Waals surface area contributed by atoms with Crippen LogP contribution < -0.4 is 14.8 Å². The van der Waals surface area contributed by atoms with Gasteiger partial charge in [0.15, 0.2) is 0 Å². The number of aromatic nitrogens is 1. The number of halogens is 2. The molecule has 1 aliphatic heterocycles. The van der Waals surface area contributed by atoms with Crippen molar-refractivity contribution in [3.63, 3.8) is 0 Å². The monoisotopic (exact) mass is 498 g/mol. The Morgan fingerprint density at radius 2 is 1.88 bits per heavy atom. The molecule has 0 aliphatic carbocycles. The molecule has 1 fully saturated rings. The van der Waals surface area contributed by atoms with E-state index in [1.54, 1.807) is 25.4 Å². The van der Waals surface area contributed by atoms with Crippen molar-refractivity contribution in [2.45, 2.75) is 0 Å². The van der Waals surface area contributed by atoms with Crippen LogP contribution in [0.4, 0.5) is 11.4 Å². The minimum absolute atomic E-state index is 0.371. The largest absolute Gasteiger partial charge is 0.496 e. The van der Waals surface area contributed by atoms with Gasteiger partial charge in [0.1, 0.15) is 17.6 Å². The topological polar surface area (TPSA) is 79.6 Å². The number of hydrogen-bond acceptors (Lipinski definition) is 7. The molecule has 0 bridgehead atoms. The Morgan fingerprint density at radius 1 is 1.12 bits per heavy atom. The fourth-order valence-electron chi connectivity index (χ4n) is 3.79. The predicted octanol–water partition coefficient (Wildman–Crippen LogP) is 5.52. The van der Waals surface area contributed by atoms with E-state index in [4.69, 9.17) is 37.4 Å². The quantitative estimate of drug-likeness (QED) is 0.459. The van der Waals surface area contributed by atoms with Gasteiger partial charge < -0.3 is 19.5 Å². The lowest BCUT2D eigenvalue weighted by Gasteiger charge is -2.25. The van der Waals surface area contributed by atoms with Crippen LogP contribution in [0.5, 0.6) is 11.5 Å². The lowest BCUT2D eigenvalue weighted by molar-refractivity contribution is 0.0435. The second-order valence-corrected chi connectivity index (χ2v) is 8.49. The number of nitrogens with one attached hydrogen (secondary N) is 1. The highest BCUT2D eigenvalue weighted by molar-refractivity contribution is 6.37. The van der Waals surface area contributed by atoms with Gasteiger partial charge in [0.25, 0.3) is 0 Å². The molecule has 176 valence electrons. The third-order valence-corrected chi connectivity index (χ3v) is 6.21. The lowest BCUT2D eigenvalue weighted by Crippen LogP contribution is -2.36. The van der Waals surface area contributed by atoms with Crippen molar-refractivity contribution >= 4 is 51.6 Å². The third kappa shape index (κ3) is 5.21. The van der Waals surface area contributed by atoms with Gasteiger partial charge in [-0.05, 0) is 18.2 Å². The van der Waals surface area contributed by atoms with E-state index in [1.165, 1.54) is 7.11 Å². The fourth-order valence-corrected chi connectivity index (χ4v) is 4.30. The first-order valence-corrected chi connectivity index (χ1v) is 11.5. The molecule has 0 saturated carbocycles. The summed E-state index contributed by atoms with van der Waals surface area (Å²) in [5.74, 6) is 1.14. The van der Waals surface area contributed by atoms with Crippen molar-refractivity contribution in [1.82, 2.24) is 9.88 Å². The standard InChI is InChI=1S/C25H24Cl2N4O3/c1-32-23-11-18-21(10-16(23)4-3-5-31-6-8-34-9-7-31)29-15-17(14-28)25(18)30-22-13-24(33-2)20(27)12-19(22)26/h3-4,10-13,15H,5-9H2,1-2H3,(H,29,30)/b4-3+. The zero-order valence-electron chi connectivity index (χ0n) is 18.9.